The summed E-state index contributed by atoms with van der Waals surface area (Å²) >= 11 is 0. The number of hydrogen-bond donors (Lipinski definition) is 2. The van der Waals surface area contributed by atoms with Crippen molar-refractivity contribution >= 4 is 33.2 Å². The van der Waals surface area contributed by atoms with Crippen LogP contribution in [0.4, 0.5) is 11.4 Å². The maximum absolute atomic E-state index is 13.3. The molecule has 0 aliphatic heterocycles. The Labute approximate surface area is 180 Å². The van der Waals surface area contributed by atoms with Gasteiger partial charge in [-0.3, -0.25) is 13.9 Å². The summed E-state index contributed by atoms with van der Waals surface area (Å²) in [4.78, 5) is 23.9. The SMILES string of the molecule is COc1ccc(N(CC(=O)Nc2ccc(C(N)=O)cc2)S(=O)(=O)c2ccccc2)cc1. The fourth-order valence-electron chi connectivity index (χ4n) is 2.83. The minimum atomic E-state index is -4.01. The van der Waals surface area contributed by atoms with E-state index in [1.165, 1.54) is 43.5 Å². The molecule has 9 heteroatoms. The Morgan fingerprint density at radius 2 is 1.55 bits per heavy atom. The number of sulfonamides is 1. The van der Waals surface area contributed by atoms with E-state index in [9.17, 15) is 18.0 Å². The van der Waals surface area contributed by atoms with Crippen LogP contribution in [0.25, 0.3) is 0 Å². The largest absolute Gasteiger partial charge is 0.497 e. The van der Waals surface area contributed by atoms with E-state index in [0.717, 1.165) is 4.31 Å². The summed E-state index contributed by atoms with van der Waals surface area (Å²) in [5, 5.41) is 2.63. The van der Waals surface area contributed by atoms with Gasteiger partial charge in [-0.05, 0) is 60.7 Å². The number of ether oxygens (including phenoxy) is 1. The van der Waals surface area contributed by atoms with Gasteiger partial charge in [-0.25, -0.2) is 8.42 Å². The summed E-state index contributed by atoms with van der Waals surface area (Å²) < 4.78 is 32.7. The average Bonchev–Trinajstić information content (AvgIpc) is 2.78. The van der Waals surface area contributed by atoms with Gasteiger partial charge in [0.25, 0.3) is 10.0 Å². The van der Waals surface area contributed by atoms with Gasteiger partial charge in [-0.15, -0.1) is 0 Å². The number of benzene rings is 3. The van der Waals surface area contributed by atoms with Crippen LogP contribution >= 0.6 is 0 Å². The lowest BCUT2D eigenvalue weighted by molar-refractivity contribution is -0.114. The van der Waals surface area contributed by atoms with E-state index in [0.29, 0.717) is 22.7 Å². The monoisotopic (exact) mass is 439 g/mol. The molecule has 0 aromatic heterocycles. The molecule has 0 spiro atoms. The van der Waals surface area contributed by atoms with E-state index in [1.54, 1.807) is 42.5 Å². The highest BCUT2D eigenvalue weighted by Gasteiger charge is 2.27. The topological polar surface area (TPSA) is 119 Å². The zero-order chi connectivity index (χ0) is 22.4. The maximum Gasteiger partial charge on any atom is 0.264 e. The second kappa shape index (κ2) is 9.31. The molecule has 0 unspecified atom stereocenters. The van der Waals surface area contributed by atoms with E-state index in [1.807, 2.05) is 0 Å². The van der Waals surface area contributed by atoms with Crippen molar-refractivity contribution < 1.29 is 22.7 Å². The molecular weight excluding hydrogens is 418 g/mol. The Morgan fingerprint density at radius 3 is 2.10 bits per heavy atom. The molecule has 0 radical (unpaired) electrons. The Morgan fingerprint density at radius 1 is 0.935 bits per heavy atom. The van der Waals surface area contributed by atoms with Crippen molar-refractivity contribution in [2.24, 2.45) is 5.73 Å². The summed E-state index contributed by atoms with van der Waals surface area (Å²) in [5.74, 6) is -0.584. The van der Waals surface area contributed by atoms with Gasteiger partial charge in [0.15, 0.2) is 0 Å². The number of nitrogens with two attached hydrogens (primary N) is 1. The van der Waals surface area contributed by atoms with Gasteiger partial charge >= 0.3 is 0 Å². The molecule has 2 amide bonds. The number of nitrogens with one attached hydrogen (secondary N) is 1. The maximum atomic E-state index is 13.3. The van der Waals surface area contributed by atoms with Crippen molar-refractivity contribution in [2.75, 3.05) is 23.3 Å². The lowest BCUT2D eigenvalue weighted by Crippen LogP contribution is -2.38. The van der Waals surface area contributed by atoms with Gasteiger partial charge in [0.1, 0.15) is 12.3 Å². The summed E-state index contributed by atoms with van der Waals surface area (Å²) in [6, 6.07) is 20.2. The predicted molar refractivity (Wildman–Crippen MR) is 118 cm³/mol. The molecule has 0 atom stereocenters. The van der Waals surface area contributed by atoms with Crippen molar-refractivity contribution in [1.29, 1.82) is 0 Å². The number of carbonyl (C=O) groups is 2. The van der Waals surface area contributed by atoms with Gasteiger partial charge < -0.3 is 15.8 Å². The average molecular weight is 439 g/mol. The molecule has 0 bridgehead atoms. The number of nitrogens with zero attached hydrogens (tertiary/aromatic N) is 1. The van der Waals surface area contributed by atoms with Crippen LogP contribution in [0.2, 0.25) is 0 Å². The number of methoxy groups -OCH3 is 1. The molecule has 0 aliphatic rings. The normalized spacial score (nSPS) is 10.9. The minimum absolute atomic E-state index is 0.0597. The van der Waals surface area contributed by atoms with Crippen LogP contribution in [0.1, 0.15) is 10.4 Å². The van der Waals surface area contributed by atoms with Crippen LogP contribution in [0.5, 0.6) is 5.75 Å². The summed E-state index contributed by atoms with van der Waals surface area (Å²) in [5.41, 5.74) is 6.22. The van der Waals surface area contributed by atoms with Crippen LogP contribution in [0.15, 0.2) is 83.8 Å². The number of primary amides is 1. The Hall–Kier alpha value is -3.85. The summed E-state index contributed by atoms with van der Waals surface area (Å²) in [7, 11) is -2.50. The van der Waals surface area contributed by atoms with E-state index in [4.69, 9.17) is 10.5 Å². The first-order chi connectivity index (χ1) is 14.8. The quantitative estimate of drug-likeness (QED) is 0.559. The van der Waals surface area contributed by atoms with E-state index >= 15 is 0 Å². The standard InChI is InChI=1S/C22H21N3O5S/c1-30-19-13-11-18(12-14-19)25(31(28,29)20-5-3-2-4-6-20)15-21(26)24-17-9-7-16(8-10-17)22(23)27/h2-14H,15H2,1H3,(H2,23,27)(H,24,26). The second-order valence-corrected chi connectivity index (χ2v) is 8.37. The fourth-order valence-corrected chi connectivity index (χ4v) is 4.27. The number of hydrogen-bond acceptors (Lipinski definition) is 5. The lowest BCUT2D eigenvalue weighted by Gasteiger charge is -2.24. The third-order valence-corrected chi connectivity index (χ3v) is 6.22. The first-order valence-corrected chi connectivity index (χ1v) is 10.7. The highest BCUT2D eigenvalue weighted by molar-refractivity contribution is 7.92. The third kappa shape index (κ3) is 5.20. The minimum Gasteiger partial charge on any atom is -0.497 e. The third-order valence-electron chi connectivity index (χ3n) is 4.43. The highest BCUT2D eigenvalue weighted by Crippen LogP contribution is 2.26. The highest BCUT2D eigenvalue weighted by atomic mass is 32.2. The van der Waals surface area contributed by atoms with Gasteiger partial charge in [-0.1, -0.05) is 18.2 Å². The predicted octanol–water partition coefficient (Wildman–Crippen LogP) is 2.63. The molecule has 3 aromatic rings. The van der Waals surface area contributed by atoms with Gasteiger partial charge in [0, 0.05) is 11.3 Å². The van der Waals surface area contributed by atoms with Crippen LogP contribution in [-0.4, -0.2) is 33.9 Å². The molecule has 3 aromatic carbocycles. The molecule has 31 heavy (non-hydrogen) atoms. The second-order valence-electron chi connectivity index (χ2n) is 6.51. The molecule has 0 heterocycles. The molecule has 0 aliphatic carbocycles. The lowest BCUT2D eigenvalue weighted by atomic mass is 10.2. The number of carbonyl (C=O) groups excluding carboxylic acids is 2. The zero-order valence-electron chi connectivity index (χ0n) is 16.7. The van der Waals surface area contributed by atoms with Crippen LogP contribution in [0.3, 0.4) is 0 Å². The Bertz CT molecular complexity index is 1160. The molecule has 0 saturated carbocycles. The van der Waals surface area contributed by atoms with Crippen molar-refractivity contribution in [2.45, 2.75) is 4.90 Å². The molecular formula is C22H21N3O5S. The van der Waals surface area contributed by atoms with Crippen molar-refractivity contribution in [3.63, 3.8) is 0 Å². The first kappa shape index (κ1) is 21.8. The smallest absolute Gasteiger partial charge is 0.264 e. The number of anilines is 2. The van der Waals surface area contributed by atoms with Crippen molar-refractivity contribution in [3.05, 3.63) is 84.4 Å². The van der Waals surface area contributed by atoms with Crippen molar-refractivity contribution in [1.82, 2.24) is 0 Å². The van der Waals surface area contributed by atoms with Crippen LogP contribution in [0, 0.1) is 0 Å². The molecule has 0 fully saturated rings. The number of rotatable bonds is 8. The van der Waals surface area contributed by atoms with E-state index in [-0.39, 0.29) is 4.90 Å². The molecule has 3 N–H and O–H groups in total. The van der Waals surface area contributed by atoms with Gasteiger partial charge in [-0.2, -0.15) is 0 Å². The van der Waals surface area contributed by atoms with Gasteiger partial charge in [0.2, 0.25) is 11.8 Å². The van der Waals surface area contributed by atoms with Crippen LogP contribution < -0.4 is 20.1 Å². The van der Waals surface area contributed by atoms with Gasteiger partial charge in [0.05, 0.1) is 17.7 Å². The first-order valence-electron chi connectivity index (χ1n) is 9.23. The van der Waals surface area contributed by atoms with Crippen molar-refractivity contribution in [3.8, 4) is 5.75 Å². The van der Waals surface area contributed by atoms with Crippen LogP contribution in [-0.2, 0) is 14.8 Å². The summed E-state index contributed by atoms with van der Waals surface area (Å²) in [6.07, 6.45) is 0. The number of amides is 2. The fraction of sp³-hybridized carbons (Fsp3) is 0.0909. The Balaban J connectivity index is 1.88. The molecule has 8 nitrogen and oxygen atoms in total. The summed E-state index contributed by atoms with van der Waals surface area (Å²) in [6.45, 7) is -0.457. The molecule has 160 valence electrons. The molecule has 0 saturated heterocycles. The molecule has 3 rings (SSSR count). The van der Waals surface area contributed by atoms with E-state index in [2.05, 4.69) is 5.32 Å². The Kier molecular flexibility index (Phi) is 6.56. The zero-order valence-corrected chi connectivity index (χ0v) is 17.5. The van der Waals surface area contributed by atoms with E-state index < -0.39 is 28.4 Å².